The molecule has 0 aliphatic rings. The predicted molar refractivity (Wildman–Crippen MR) is 123 cm³/mol. The molecule has 0 radical (unpaired) electrons. The minimum Gasteiger partial charge on any atom is -0.354 e. The van der Waals surface area contributed by atoms with Gasteiger partial charge in [-0.05, 0) is 42.5 Å². The van der Waals surface area contributed by atoms with Crippen LogP contribution in [0.25, 0.3) is 33.7 Å². The summed E-state index contributed by atoms with van der Waals surface area (Å²) in [6, 6.07) is 7.49. The third kappa shape index (κ3) is 3.33. The number of H-pyrrole nitrogens is 1. The number of hydrogen-bond donors (Lipinski definition) is 1. The molecule has 3 heterocycles. The molecule has 4 aromatic rings. The lowest BCUT2D eigenvalue weighted by molar-refractivity contribution is 0.590. The number of halogens is 1. The van der Waals surface area contributed by atoms with E-state index in [1.807, 2.05) is 37.6 Å². The number of hydrogen-bond acceptors (Lipinski definition) is 3. The Morgan fingerprint density at radius 1 is 1.10 bits per heavy atom. The standard InChI is InChI=1S/C24H25ClN4O/c1-13-9-16(24(3,4)5)17(25)10-15(13)19-11-20(30)21-18(28-19)7-8-26-22(21)23-27-12-14(2)29(23)6/h7-12H,1-6H3,(H,28,30). The summed E-state index contributed by atoms with van der Waals surface area (Å²) in [4.78, 5) is 25.5. The highest BCUT2D eigenvalue weighted by Crippen LogP contribution is 2.35. The van der Waals surface area contributed by atoms with Gasteiger partial charge in [-0.3, -0.25) is 9.78 Å². The van der Waals surface area contributed by atoms with E-state index in [0.29, 0.717) is 21.9 Å². The Labute approximate surface area is 180 Å². The molecule has 6 heteroatoms. The molecule has 0 aliphatic carbocycles. The van der Waals surface area contributed by atoms with E-state index in [0.717, 1.165) is 33.6 Å². The van der Waals surface area contributed by atoms with Crippen molar-refractivity contribution in [2.45, 2.75) is 40.0 Å². The summed E-state index contributed by atoms with van der Waals surface area (Å²) in [5, 5.41) is 1.23. The Hall–Kier alpha value is -2.92. The maximum Gasteiger partial charge on any atom is 0.192 e. The monoisotopic (exact) mass is 420 g/mol. The van der Waals surface area contributed by atoms with E-state index in [9.17, 15) is 4.79 Å². The normalized spacial score (nSPS) is 12.0. The zero-order valence-electron chi connectivity index (χ0n) is 18.1. The van der Waals surface area contributed by atoms with Gasteiger partial charge >= 0.3 is 0 Å². The highest BCUT2D eigenvalue weighted by Gasteiger charge is 2.20. The maximum atomic E-state index is 13.2. The number of aryl methyl sites for hydroxylation is 2. The van der Waals surface area contributed by atoms with Gasteiger partial charge < -0.3 is 9.55 Å². The number of imidazole rings is 1. The summed E-state index contributed by atoms with van der Waals surface area (Å²) in [6.07, 6.45) is 3.48. The zero-order valence-corrected chi connectivity index (χ0v) is 18.8. The topological polar surface area (TPSA) is 63.6 Å². The Bertz CT molecular complexity index is 1340. The quantitative estimate of drug-likeness (QED) is 0.461. The molecule has 0 unspecified atom stereocenters. The molecule has 1 N–H and O–H groups in total. The van der Waals surface area contributed by atoms with Crippen molar-refractivity contribution in [3.63, 3.8) is 0 Å². The van der Waals surface area contributed by atoms with Crippen LogP contribution in [-0.2, 0) is 12.5 Å². The molecular formula is C24H25ClN4O. The summed E-state index contributed by atoms with van der Waals surface area (Å²) in [5.74, 6) is 0.671. The maximum absolute atomic E-state index is 13.2. The van der Waals surface area contributed by atoms with E-state index in [1.165, 1.54) is 0 Å². The van der Waals surface area contributed by atoms with Crippen molar-refractivity contribution in [3.05, 3.63) is 68.7 Å². The highest BCUT2D eigenvalue weighted by atomic mass is 35.5. The van der Waals surface area contributed by atoms with Gasteiger partial charge in [0.25, 0.3) is 0 Å². The van der Waals surface area contributed by atoms with Gasteiger partial charge in [-0.25, -0.2) is 4.98 Å². The number of nitrogens with one attached hydrogen (secondary N) is 1. The Morgan fingerprint density at radius 2 is 1.83 bits per heavy atom. The smallest absolute Gasteiger partial charge is 0.192 e. The Morgan fingerprint density at radius 3 is 2.47 bits per heavy atom. The van der Waals surface area contributed by atoms with Crippen molar-refractivity contribution < 1.29 is 0 Å². The van der Waals surface area contributed by atoms with Gasteiger partial charge in [-0.2, -0.15) is 0 Å². The van der Waals surface area contributed by atoms with Gasteiger partial charge in [-0.1, -0.05) is 38.4 Å². The lowest BCUT2D eigenvalue weighted by atomic mass is 9.85. The van der Waals surface area contributed by atoms with Crippen LogP contribution in [0.1, 0.15) is 37.6 Å². The van der Waals surface area contributed by atoms with Crippen LogP contribution >= 0.6 is 11.6 Å². The second-order valence-corrected chi connectivity index (χ2v) is 9.22. The summed E-state index contributed by atoms with van der Waals surface area (Å²) in [6.45, 7) is 10.4. The summed E-state index contributed by atoms with van der Waals surface area (Å²) < 4.78 is 1.93. The second-order valence-electron chi connectivity index (χ2n) is 8.81. The fourth-order valence-electron chi connectivity index (χ4n) is 3.78. The van der Waals surface area contributed by atoms with Crippen molar-refractivity contribution in [3.8, 4) is 22.8 Å². The van der Waals surface area contributed by atoms with Crippen molar-refractivity contribution in [1.82, 2.24) is 19.5 Å². The molecule has 0 saturated heterocycles. The molecule has 0 amide bonds. The van der Waals surface area contributed by atoms with Crippen molar-refractivity contribution in [1.29, 1.82) is 0 Å². The fraction of sp³-hybridized carbons (Fsp3) is 0.292. The number of nitrogens with zero attached hydrogens (tertiary/aromatic N) is 3. The highest BCUT2D eigenvalue weighted by molar-refractivity contribution is 6.31. The van der Waals surface area contributed by atoms with Gasteiger partial charge in [0, 0.05) is 41.8 Å². The van der Waals surface area contributed by atoms with Gasteiger partial charge in [0.15, 0.2) is 11.3 Å². The van der Waals surface area contributed by atoms with Gasteiger partial charge in [0.05, 0.1) is 16.6 Å². The van der Waals surface area contributed by atoms with Crippen LogP contribution in [0.5, 0.6) is 0 Å². The van der Waals surface area contributed by atoms with Crippen LogP contribution < -0.4 is 5.43 Å². The molecule has 4 rings (SSSR count). The molecule has 0 atom stereocenters. The van der Waals surface area contributed by atoms with Crippen LogP contribution in [0.4, 0.5) is 0 Å². The number of benzene rings is 1. The zero-order chi connectivity index (χ0) is 21.8. The summed E-state index contributed by atoms with van der Waals surface area (Å²) >= 11 is 6.61. The Balaban J connectivity index is 1.93. The minimum absolute atomic E-state index is 0.0576. The molecule has 5 nitrogen and oxygen atoms in total. The molecule has 1 aromatic carbocycles. The van der Waals surface area contributed by atoms with E-state index in [1.54, 1.807) is 18.5 Å². The number of aromatic nitrogens is 4. The molecule has 0 aliphatic heterocycles. The third-order valence-electron chi connectivity index (χ3n) is 5.59. The van der Waals surface area contributed by atoms with Crippen LogP contribution in [0.3, 0.4) is 0 Å². The first kappa shape index (κ1) is 20.4. The molecule has 0 spiro atoms. The summed E-state index contributed by atoms with van der Waals surface area (Å²) in [7, 11) is 1.92. The average Bonchev–Trinajstić information content (AvgIpc) is 3.00. The molecule has 3 aromatic heterocycles. The van der Waals surface area contributed by atoms with E-state index >= 15 is 0 Å². The van der Waals surface area contributed by atoms with Crippen molar-refractivity contribution in [2.24, 2.45) is 7.05 Å². The first-order valence-electron chi connectivity index (χ1n) is 9.89. The van der Waals surface area contributed by atoms with Crippen LogP contribution in [0.2, 0.25) is 5.02 Å². The van der Waals surface area contributed by atoms with E-state index < -0.39 is 0 Å². The number of fused-ring (bicyclic) bond motifs is 1. The van der Waals surface area contributed by atoms with Crippen LogP contribution in [0, 0.1) is 13.8 Å². The first-order chi connectivity index (χ1) is 14.1. The predicted octanol–water partition coefficient (Wildman–Crippen LogP) is 5.56. The summed E-state index contributed by atoms with van der Waals surface area (Å²) in [5.41, 5.74) is 5.95. The Kier molecular flexibility index (Phi) is 4.82. The van der Waals surface area contributed by atoms with E-state index in [4.69, 9.17) is 11.6 Å². The minimum atomic E-state index is -0.0991. The van der Waals surface area contributed by atoms with Gasteiger partial charge in [0.1, 0.15) is 5.69 Å². The lowest BCUT2D eigenvalue weighted by Gasteiger charge is -2.22. The third-order valence-corrected chi connectivity index (χ3v) is 5.90. The molecule has 0 saturated carbocycles. The molecule has 154 valence electrons. The largest absolute Gasteiger partial charge is 0.354 e. The van der Waals surface area contributed by atoms with Crippen molar-refractivity contribution >= 4 is 22.5 Å². The van der Waals surface area contributed by atoms with Gasteiger partial charge in [0.2, 0.25) is 0 Å². The number of pyridine rings is 2. The SMILES string of the molecule is Cc1cc(C(C)(C)C)c(Cl)cc1-c1cc(=O)c2c(-c3ncc(C)n3C)nccc2[nH]1. The fourth-order valence-corrected chi connectivity index (χ4v) is 4.22. The van der Waals surface area contributed by atoms with Crippen molar-refractivity contribution in [2.75, 3.05) is 0 Å². The van der Waals surface area contributed by atoms with Crippen LogP contribution in [-0.4, -0.2) is 19.5 Å². The van der Waals surface area contributed by atoms with Crippen LogP contribution in [0.15, 0.2) is 41.5 Å². The molecule has 30 heavy (non-hydrogen) atoms. The molecule has 0 fully saturated rings. The lowest BCUT2D eigenvalue weighted by Crippen LogP contribution is -2.13. The van der Waals surface area contributed by atoms with Gasteiger partial charge in [-0.15, -0.1) is 0 Å². The second kappa shape index (κ2) is 7.10. The van der Waals surface area contributed by atoms with E-state index in [-0.39, 0.29) is 10.8 Å². The number of rotatable bonds is 2. The molecular weight excluding hydrogens is 396 g/mol. The first-order valence-corrected chi connectivity index (χ1v) is 10.3. The number of aromatic amines is 1. The average molecular weight is 421 g/mol. The molecule has 0 bridgehead atoms. The van der Waals surface area contributed by atoms with E-state index in [2.05, 4.69) is 41.8 Å².